The van der Waals surface area contributed by atoms with Crippen LogP contribution in [0.3, 0.4) is 0 Å². The molecule has 0 amide bonds. The van der Waals surface area contributed by atoms with Gasteiger partial charge < -0.3 is 4.74 Å². The fourth-order valence-electron chi connectivity index (χ4n) is 2.26. The molecule has 0 aliphatic carbocycles. The number of carbonyl (C=O) groups is 1. The Morgan fingerprint density at radius 2 is 1.89 bits per heavy atom. The van der Waals surface area contributed by atoms with Gasteiger partial charge in [-0.05, 0) is 30.4 Å². The van der Waals surface area contributed by atoms with Crippen molar-refractivity contribution in [3.63, 3.8) is 0 Å². The van der Waals surface area contributed by atoms with Gasteiger partial charge in [-0.25, -0.2) is 18.6 Å². The predicted molar refractivity (Wildman–Crippen MR) is 94.2 cm³/mol. The zero-order chi connectivity index (χ0) is 19.6. The maximum atomic E-state index is 13.4. The Kier molecular flexibility index (Phi) is 5.09. The highest BCUT2D eigenvalue weighted by molar-refractivity contribution is 6.34. The molecule has 0 aromatic heterocycles. The van der Waals surface area contributed by atoms with E-state index < -0.39 is 22.5 Å². The second-order valence-corrected chi connectivity index (χ2v) is 5.69. The zero-order valence-corrected chi connectivity index (χ0v) is 14.1. The van der Waals surface area contributed by atoms with Crippen molar-refractivity contribution in [3.8, 4) is 0 Å². The van der Waals surface area contributed by atoms with Crippen molar-refractivity contribution in [1.82, 2.24) is 0 Å². The minimum absolute atomic E-state index is 0.0741. The van der Waals surface area contributed by atoms with E-state index >= 15 is 0 Å². The Labute approximate surface area is 156 Å². The molecular formula is C18H9ClF2N2O4. The molecule has 3 rings (SSSR count). The molecule has 6 nitrogen and oxygen atoms in total. The van der Waals surface area contributed by atoms with Crippen molar-refractivity contribution in [1.29, 1.82) is 0 Å². The van der Waals surface area contributed by atoms with Crippen LogP contribution in [0.5, 0.6) is 0 Å². The van der Waals surface area contributed by atoms with Crippen molar-refractivity contribution in [3.05, 3.63) is 92.1 Å². The predicted octanol–water partition coefficient (Wildman–Crippen LogP) is 4.43. The summed E-state index contributed by atoms with van der Waals surface area (Å²) in [5, 5.41) is 10.8. The average Bonchev–Trinajstić information content (AvgIpc) is 2.99. The van der Waals surface area contributed by atoms with E-state index in [1.807, 2.05) is 0 Å². The van der Waals surface area contributed by atoms with E-state index in [-0.39, 0.29) is 27.9 Å². The summed E-state index contributed by atoms with van der Waals surface area (Å²) in [7, 11) is 0. The van der Waals surface area contributed by atoms with E-state index in [4.69, 9.17) is 16.3 Å². The van der Waals surface area contributed by atoms with Crippen LogP contribution in [0, 0.1) is 21.7 Å². The molecule has 0 bridgehead atoms. The number of esters is 1. The minimum Gasteiger partial charge on any atom is -0.402 e. The highest BCUT2D eigenvalue weighted by Gasteiger charge is 2.26. The molecule has 2 aromatic rings. The number of cyclic esters (lactones) is 1. The Hall–Kier alpha value is -3.39. The summed E-state index contributed by atoms with van der Waals surface area (Å²) in [5.74, 6) is -3.40. The standard InChI is InChI=1S/C18H9ClF2N2O4/c19-12-9-14(21)13(20)8-11(12)17-22-15(18(24)27-17)6-3-5-10-4-1-2-7-16(10)23(25)26/h1-9H/b5-3+,15-6-. The molecule has 136 valence electrons. The smallest absolute Gasteiger partial charge is 0.363 e. The minimum atomic E-state index is -1.16. The second kappa shape index (κ2) is 7.46. The molecule has 1 aliphatic rings. The number of carbonyl (C=O) groups excluding carboxylic acids is 1. The molecule has 1 aliphatic heterocycles. The zero-order valence-electron chi connectivity index (χ0n) is 13.4. The number of ether oxygens (including phenoxy) is 1. The monoisotopic (exact) mass is 390 g/mol. The number of nitro groups is 1. The molecular weight excluding hydrogens is 382 g/mol. The van der Waals surface area contributed by atoms with E-state index in [9.17, 15) is 23.7 Å². The van der Waals surface area contributed by atoms with E-state index in [1.54, 1.807) is 6.07 Å². The summed E-state index contributed by atoms with van der Waals surface area (Å²) >= 11 is 5.83. The quantitative estimate of drug-likeness (QED) is 0.254. The summed E-state index contributed by atoms with van der Waals surface area (Å²) in [4.78, 5) is 26.2. The van der Waals surface area contributed by atoms with Gasteiger partial charge in [-0.3, -0.25) is 10.1 Å². The van der Waals surface area contributed by atoms with Crippen molar-refractivity contribution < 1.29 is 23.2 Å². The Morgan fingerprint density at radius 1 is 1.19 bits per heavy atom. The van der Waals surface area contributed by atoms with Crippen molar-refractivity contribution in [2.45, 2.75) is 0 Å². The van der Waals surface area contributed by atoms with Gasteiger partial charge in [0.1, 0.15) is 0 Å². The second-order valence-electron chi connectivity index (χ2n) is 5.28. The third-order valence-electron chi connectivity index (χ3n) is 3.52. The third-order valence-corrected chi connectivity index (χ3v) is 3.84. The first kappa shape index (κ1) is 18.4. The van der Waals surface area contributed by atoms with Crippen LogP contribution < -0.4 is 0 Å². The summed E-state index contributed by atoms with van der Waals surface area (Å²) in [6, 6.07) is 7.57. The average molecular weight is 391 g/mol. The molecule has 9 heteroatoms. The Bertz CT molecular complexity index is 1050. The number of hydrogen-bond acceptors (Lipinski definition) is 5. The van der Waals surface area contributed by atoms with Crippen LogP contribution in [-0.4, -0.2) is 16.8 Å². The number of nitrogens with zero attached hydrogens (tertiary/aromatic N) is 2. The van der Waals surface area contributed by atoms with Crippen LogP contribution in [0.1, 0.15) is 11.1 Å². The molecule has 0 radical (unpaired) electrons. The van der Waals surface area contributed by atoms with Crippen molar-refractivity contribution in [2.75, 3.05) is 0 Å². The highest BCUT2D eigenvalue weighted by atomic mass is 35.5. The van der Waals surface area contributed by atoms with E-state index in [0.29, 0.717) is 5.56 Å². The number of halogens is 3. The molecule has 0 atom stereocenters. The Morgan fingerprint density at radius 3 is 2.63 bits per heavy atom. The number of allylic oxidation sites excluding steroid dienone is 2. The van der Waals surface area contributed by atoms with Gasteiger partial charge in [-0.15, -0.1) is 0 Å². The van der Waals surface area contributed by atoms with Crippen LogP contribution in [0.2, 0.25) is 5.02 Å². The fraction of sp³-hybridized carbons (Fsp3) is 0. The largest absolute Gasteiger partial charge is 0.402 e. The summed E-state index contributed by atoms with van der Waals surface area (Å²) in [6.45, 7) is 0. The van der Waals surface area contributed by atoms with E-state index in [1.165, 1.54) is 36.4 Å². The number of hydrogen-bond donors (Lipinski definition) is 0. The lowest BCUT2D eigenvalue weighted by Crippen LogP contribution is -2.07. The van der Waals surface area contributed by atoms with Crippen molar-refractivity contribution in [2.24, 2.45) is 4.99 Å². The number of nitro benzene ring substituents is 1. The van der Waals surface area contributed by atoms with Crippen LogP contribution in [0.15, 0.2) is 59.2 Å². The summed E-state index contributed by atoms with van der Waals surface area (Å²) in [6.07, 6.45) is 4.09. The molecule has 0 saturated carbocycles. The molecule has 2 aromatic carbocycles. The molecule has 0 N–H and O–H groups in total. The summed E-state index contributed by atoms with van der Waals surface area (Å²) in [5.41, 5.74) is 0.0353. The first-order chi connectivity index (χ1) is 12.9. The van der Waals surface area contributed by atoms with Gasteiger partial charge in [0.25, 0.3) is 5.69 Å². The number of benzene rings is 2. The fourth-order valence-corrected chi connectivity index (χ4v) is 2.49. The van der Waals surface area contributed by atoms with E-state index in [0.717, 1.165) is 12.1 Å². The van der Waals surface area contributed by atoms with Gasteiger partial charge >= 0.3 is 5.97 Å². The van der Waals surface area contributed by atoms with Crippen molar-refractivity contribution >= 4 is 35.2 Å². The van der Waals surface area contributed by atoms with Gasteiger partial charge in [-0.1, -0.05) is 29.8 Å². The van der Waals surface area contributed by atoms with Gasteiger partial charge in [-0.2, -0.15) is 0 Å². The molecule has 0 unspecified atom stereocenters. The number of para-hydroxylation sites is 1. The van der Waals surface area contributed by atoms with E-state index in [2.05, 4.69) is 4.99 Å². The van der Waals surface area contributed by atoms with Crippen LogP contribution in [-0.2, 0) is 9.53 Å². The molecule has 0 saturated heterocycles. The number of aliphatic imine (C=N–C) groups is 1. The first-order valence-electron chi connectivity index (χ1n) is 7.44. The van der Waals surface area contributed by atoms with Crippen LogP contribution in [0.4, 0.5) is 14.5 Å². The van der Waals surface area contributed by atoms with Gasteiger partial charge in [0.2, 0.25) is 5.90 Å². The van der Waals surface area contributed by atoms with Gasteiger partial charge in [0.15, 0.2) is 17.3 Å². The molecule has 0 spiro atoms. The third kappa shape index (κ3) is 3.90. The Balaban J connectivity index is 1.89. The molecule has 27 heavy (non-hydrogen) atoms. The topological polar surface area (TPSA) is 81.8 Å². The normalized spacial score (nSPS) is 15.3. The highest BCUT2D eigenvalue weighted by Crippen LogP contribution is 2.25. The summed E-state index contributed by atoms with van der Waals surface area (Å²) < 4.78 is 31.5. The first-order valence-corrected chi connectivity index (χ1v) is 7.82. The SMILES string of the molecule is O=C1OC(c2cc(F)c(F)cc2Cl)=N/C1=C\C=C\c1ccccc1[N+](=O)[O-]. The molecule has 0 fully saturated rings. The molecule has 1 heterocycles. The number of rotatable bonds is 4. The van der Waals surface area contributed by atoms with Gasteiger partial charge in [0.05, 0.1) is 21.1 Å². The van der Waals surface area contributed by atoms with Crippen LogP contribution in [0.25, 0.3) is 6.08 Å². The lowest BCUT2D eigenvalue weighted by molar-refractivity contribution is -0.385. The maximum absolute atomic E-state index is 13.4. The lowest BCUT2D eigenvalue weighted by atomic mass is 10.1. The lowest BCUT2D eigenvalue weighted by Gasteiger charge is -2.03. The van der Waals surface area contributed by atoms with Crippen LogP contribution >= 0.6 is 11.6 Å². The van der Waals surface area contributed by atoms with Gasteiger partial charge in [0, 0.05) is 6.07 Å². The maximum Gasteiger partial charge on any atom is 0.363 e.